The molecule has 0 aliphatic carbocycles. The number of benzene rings is 2. The molecule has 0 fully saturated rings. The number of hydrogen-bond acceptors (Lipinski definition) is 4. The second-order valence-corrected chi connectivity index (χ2v) is 5.15. The number of rotatable bonds is 4. The van der Waals surface area contributed by atoms with Crippen molar-refractivity contribution in [3.05, 3.63) is 57.2 Å². The fraction of sp³-hybridized carbons (Fsp3) is 0.133. The van der Waals surface area contributed by atoms with Crippen molar-refractivity contribution in [3.63, 3.8) is 0 Å². The largest absolute Gasteiger partial charge is 0.507 e. The van der Waals surface area contributed by atoms with Crippen molar-refractivity contribution < 1.29 is 19.4 Å². The Balaban J connectivity index is 2.22. The van der Waals surface area contributed by atoms with Crippen LogP contribution in [0.1, 0.15) is 15.9 Å². The first-order valence-electron chi connectivity index (χ1n) is 5.89. The summed E-state index contributed by atoms with van der Waals surface area (Å²) in [6.45, 7) is 0.362. The smallest absolute Gasteiger partial charge is 0.338 e. The van der Waals surface area contributed by atoms with E-state index in [0.717, 1.165) is 5.56 Å². The molecule has 0 spiro atoms. The van der Waals surface area contributed by atoms with Gasteiger partial charge in [-0.15, -0.1) is 0 Å². The molecule has 4 nitrogen and oxygen atoms in total. The van der Waals surface area contributed by atoms with E-state index in [1.54, 1.807) is 6.07 Å². The maximum atomic E-state index is 11.5. The summed E-state index contributed by atoms with van der Waals surface area (Å²) in [6.07, 6.45) is 0. The molecular formula is C15H13IO4. The number of carbonyl (C=O) groups excluding carboxylic acids is 1. The van der Waals surface area contributed by atoms with E-state index in [1.807, 2.05) is 52.9 Å². The van der Waals surface area contributed by atoms with Crippen LogP contribution in [0.5, 0.6) is 11.5 Å². The van der Waals surface area contributed by atoms with Crippen molar-refractivity contribution in [2.24, 2.45) is 0 Å². The van der Waals surface area contributed by atoms with Gasteiger partial charge in [-0.1, -0.05) is 30.3 Å². The normalized spacial score (nSPS) is 10.1. The predicted octanol–water partition coefficient (Wildman–Crippen LogP) is 3.36. The van der Waals surface area contributed by atoms with Crippen LogP contribution in [0, 0.1) is 3.57 Å². The molecule has 0 heterocycles. The molecular weight excluding hydrogens is 371 g/mol. The molecule has 0 radical (unpaired) electrons. The zero-order chi connectivity index (χ0) is 14.5. The summed E-state index contributed by atoms with van der Waals surface area (Å²) in [5, 5.41) is 9.83. The lowest BCUT2D eigenvalue weighted by atomic mass is 10.2. The van der Waals surface area contributed by atoms with Gasteiger partial charge in [-0.3, -0.25) is 0 Å². The van der Waals surface area contributed by atoms with Gasteiger partial charge in [-0.2, -0.15) is 0 Å². The number of carbonyl (C=O) groups is 1. The Labute approximate surface area is 130 Å². The number of hydrogen-bond donors (Lipinski definition) is 1. The van der Waals surface area contributed by atoms with Crippen molar-refractivity contribution in [1.82, 2.24) is 0 Å². The maximum Gasteiger partial charge on any atom is 0.338 e. The van der Waals surface area contributed by atoms with Crippen molar-refractivity contribution >= 4 is 28.6 Å². The highest BCUT2D eigenvalue weighted by atomic mass is 127. The fourth-order valence-electron chi connectivity index (χ4n) is 1.66. The van der Waals surface area contributed by atoms with E-state index in [1.165, 1.54) is 13.2 Å². The van der Waals surface area contributed by atoms with Crippen molar-refractivity contribution in [3.8, 4) is 11.5 Å². The van der Waals surface area contributed by atoms with Gasteiger partial charge in [-0.05, 0) is 40.3 Å². The Morgan fingerprint density at radius 1 is 1.25 bits per heavy atom. The van der Waals surface area contributed by atoms with Gasteiger partial charge in [0.1, 0.15) is 18.1 Å². The molecule has 0 bridgehead atoms. The first-order valence-corrected chi connectivity index (χ1v) is 6.97. The van der Waals surface area contributed by atoms with E-state index >= 15 is 0 Å². The molecule has 0 aromatic heterocycles. The molecule has 0 atom stereocenters. The monoisotopic (exact) mass is 384 g/mol. The average Bonchev–Trinajstić information content (AvgIpc) is 2.48. The Bertz CT molecular complexity index is 611. The summed E-state index contributed by atoms with van der Waals surface area (Å²) < 4.78 is 10.9. The number of methoxy groups -OCH3 is 1. The quantitative estimate of drug-likeness (QED) is 0.649. The lowest BCUT2D eigenvalue weighted by molar-refractivity contribution is 0.0599. The number of phenolic OH excluding ortho intramolecular Hbond substituents is 1. The second kappa shape index (κ2) is 6.60. The van der Waals surface area contributed by atoms with E-state index in [-0.39, 0.29) is 11.3 Å². The second-order valence-electron chi connectivity index (χ2n) is 4.07. The summed E-state index contributed by atoms with van der Waals surface area (Å²) in [6, 6.07) is 12.6. The third-order valence-corrected chi connectivity index (χ3v) is 3.76. The molecule has 0 saturated carbocycles. The van der Waals surface area contributed by atoms with Crippen molar-refractivity contribution in [2.45, 2.75) is 6.61 Å². The van der Waals surface area contributed by atoms with E-state index in [9.17, 15) is 9.90 Å². The maximum absolute atomic E-state index is 11.5. The van der Waals surface area contributed by atoms with Crippen LogP contribution in [0.2, 0.25) is 0 Å². The topological polar surface area (TPSA) is 55.8 Å². The Morgan fingerprint density at radius 2 is 1.95 bits per heavy atom. The highest BCUT2D eigenvalue weighted by Crippen LogP contribution is 2.32. The number of aromatic hydroxyl groups is 1. The lowest BCUT2D eigenvalue weighted by Crippen LogP contribution is -2.03. The van der Waals surface area contributed by atoms with Gasteiger partial charge in [-0.25, -0.2) is 4.79 Å². The molecule has 2 rings (SSSR count). The highest BCUT2D eigenvalue weighted by Gasteiger charge is 2.14. The van der Waals surface area contributed by atoms with Crippen LogP contribution in [0.15, 0.2) is 42.5 Å². The average molecular weight is 384 g/mol. The van der Waals surface area contributed by atoms with Gasteiger partial charge in [0.05, 0.1) is 16.2 Å². The van der Waals surface area contributed by atoms with Crippen molar-refractivity contribution in [2.75, 3.05) is 7.11 Å². The standard InChI is InChI=1S/C15H13IO4/c1-19-15(18)11-7-12(17)14(16)13(8-11)20-9-10-5-3-2-4-6-10/h2-8,17H,9H2,1H3. The summed E-state index contributed by atoms with van der Waals surface area (Å²) >= 11 is 1.97. The molecule has 0 unspecified atom stereocenters. The molecule has 104 valence electrons. The summed E-state index contributed by atoms with van der Waals surface area (Å²) in [5.41, 5.74) is 1.26. The molecule has 2 aromatic carbocycles. The Kier molecular flexibility index (Phi) is 4.84. The Hall–Kier alpha value is -1.76. The summed E-state index contributed by atoms with van der Waals surface area (Å²) in [7, 11) is 1.29. The number of halogens is 1. The van der Waals surface area contributed by atoms with Crippen LogP contribution in [-0.2, 0) is 11.3 Å². The molecule has 0 saturated heterocycles. The van der Waals surface area contributed by atoms with E-state index in [2.05, 4.69) is 4.74 Å². The highest BCUT2D eigenvalue weighted by molar-refractivity contribution is 14.1. The fourth-order valence-corrected chi connectivity index (χ4v) is 2.13. The van der Waals surface area contributed by atoms with Crippen LogP contribution in [0.3, 0.4) is 0 Å². The third kappa shape index (κ3) is 3.41. The molecule has 0 aliphatic heterocycles. The van der Waals surface area contributed by atoms with Gasteiger partial charge < -0.3 is 14.6 Å². The predicted molar refractivity (Wildman–Crippen MR) is 82.9 cm³/mol. The van der Waals surface area contributed by atoms with Gasteiger partial charge in [0.2, 0.25) is 0 Å². The van der Waals surface area contributed by atoms with E-state index in [4.69, 9.17) is 4.74 Å². The lowest BCUT2D eigenvalue weighted by Gasteiger charge is -2.11. The molecule has 20 heavy (non-hydrogen) atoms. The SMILES string of the molecule is COC(=O)c1cc(O)c(I)c(OCc2ccccc2)c1. The van der Waals surface area contributed by atoms with E-state index in [0.29, 0.717) is 15.9 Å². The van der Waals surface area contributed by atoms with Gasteiger partial charge in [0.25, 0.3) is 0 Å². The minimum atomic E-state index is -0.513. The molecule has 2 aromatic rings. The minimum Gasteiger partial charge on any atom is -0.507 e. The zero-order valence-electron chi connectivity index (χ0n) is 10.8. The van der Waals surface area contributed by atoms with Crippen molar-refractivity contribution in [1.29, 1.82) is 0 Å². The van der Waals surface area contributed by atoms with Crippen LogP contribution in [-0.4, -0.2) is 18.2 Å². The first kappa shape index (κ1) is 14.6. The molecule has 5 heteroatoms. The summed E-state index contributed by atoms with van der Waals surface area (Å²) in [4.78, 5) is 11.5. The molecule has 1 N–H and O–H groups in total. The van der Waals surface area contributed by atoms with Crippen LogP contribution >= 0.6 is 22.6 Å². The van der Waals surface area contributed by atoms with E-state index < -0.39 is 5.97 Å². The van der Waals surface area contributed by atoms with Crippen LogP contribution in [0.25, 0.3) is 0 Å². The van der Waals surface area contributed by atoms with Gasteiger partial charge in [0, 0.05) is 0 Å². The Morgan fingerprint density at radius 3 is 2.60 bits per heavy atom. The number of esters is 1. The minimum absolute atomic E-state index is 0.00318. The van der Waals surface area contributed by atoms with Gasteiger partial charge in [0.15, 0.2) is 0 Å². The van der Waals surface area contributed by atoms with Crippen LogP contribution < -0.4 is 4.74 Å². The number of phenols is 1. The molecule has 0 amide bonds. The zero-order valence-corrected chi connectivity index (χ0v) is 13.0. The first-order chi connectivity index (χ1) is 9.61. The van der Waals surface area contributed by atoms with Crippen LogP contribution in [0.4, 0.5) is 0 Å². The summed E-state index contributed by atoms with van der Waals surface area (Å²) in [5.74, 6) is -0.0623. The third-order valence-electron chi connectivity index (χ3n) is 2.68. The van der Waals surface area contributed by atoms with Gasteiger partial charge >= 0.3 is 5.97 Å². The number of ether oxygens (including phenoxy) is 2. The molecule has 0 aliphatic rings.